The van der Waals surface area contributed by atoms with Crippen molar-refractivity contribution in [2.24, 2.45) is 0 Å². The van der Waals surface area contributed by atoms with Crippen LogP contribution < -0.4 is 5.32 Å². The van der Waals surface area contributed by atoms with Crippen molar-refractivity contribution in [1.29, 1.82) is 0 Å². The summed E-state index contributed by atoms with van der Waals surface area (Å²) in [7, 11) is 1.37. The maximum atomic E-state index is 12.6. The number of hydrogen-bond donors (Lipinski definition) is 1. The number of carbonyl (C=O) groups is 2. The van der Waals surface area contributed by atoms with Crippen LogP contribution in [0.4, 0.5) is 0 Å². The first-order chi connectivity index (χ1) is 11.9. The van der Waals surface area contributed by atoms with Gasteiger partial charge in [0.2, 0.25) is 5.91 Å². The zero-order valence-electron chi connectivity index (χ0n) is 15.1. The third kappa shape index (κ3) is 3.41. The molecule has 3 rings (SSSR count). The average molecular weight is 343 g/mol. The van der Waals surface area contributed by atoms with Crippen LogP contribution in [0.25, 0.3) is 11.0 Å². The average Bonchev–Trinajstić information content (AvgIpc) is 2.97. The summed E-state index contributed by atoms with van der Waals surface area (Å²) in [5.74, 6) is -0.516. The van der Waals surface area contributed by atoms with E-state index in [1.165, 1.54) is 7.11 Å². The highest BCUT2D eigenvalue weighted by Gasteiger charge is 2.41. The van der Waals surface area contributed by atoms with E-state index in [0.29, 0.717) is 12.8 Å². The molecule has 0 unspecified atom stereocenters. The van der Waals surface area contributed by atoms with Crippen molar-refractivity contribution >= 4 is 22.8 Å². The Labute approximate surface area is 147 Å². The molecule has 25 heavy (non-hydrogen) atoms. The molecule has 1 N–H and O–H groups in total. The maximum absolute atomic E-state index is 12.6. The van der Waals surface area contributed by atoms with E-state index >= 15 is 0 Å². The van der Waals surface area contributed by atoms with E-state index < -0.39 is 5.54 Å². The molecule has 0 bridgehead atoms. The first-order valence-corrected chi connectivity index (χ1v) is 8.82. The van der Waals surface area contributed by atoms with E-state index in [4.69, 9.17) is 9.15 Å². The molecule has 134 valence electrons. The van der Waals surface area contributed by atoms with Gasteiger partial charge in [-0.15, -0.1) is 0 Å². The number of carbonyl (C=O) groups excluding carboxylic acids is 2. The lowest BCUT2D eigenvalue weighted by Crippen LogP contribution is -2.56. The van der Waals surface area contributed by atoms with Gasteiger partial charge in [0.25, 0.3) is 0 Å². The van der Waals surface area contributed by atoms with E-state index in [2.05, 4.69) is 5.32 Å². The van der Waals surface area contributed by atoms with Crippen molar-refractivity contribution in [1.82, 2.24) is 5.32 Å². The largest absolute Gasteiger partial charge is 0.467 e. The van der Waals surface area contributed by atoms with Gasteiger partial charge >= 0.3 is 5.97 Å². The Hall–Kier alpha value is -2.30. The lowest BCUT2D eigenvalue weighted by atomic mass is 9.81. The topological polar surface area (TPSA) is 68.5 Å². The van der Waals surface area contributed by atoms with Gasteiger partial charge in [0.05, 0.1) is 19.8 Å². The molecular formula is C20H25NO4. The van der Waals surface area contributed by atoms with Gasteiger partial charge < -0.3 is 14.5 Å². The van der Waals surface area contributed by atoms with Crippen LogP contribution in [-0.2, 0) is 20.7 Å². The molecule has 1 aliphatic carbocycles. The third-order valence-electron chi connectivity index (χ3n) is 5.28. The lowest BCUT2D eigenvalue weighted by molar-refractivity contribution is -0.152. The summed E-state index contributed by atoms with van der Waals surface area (Å²) >= 11 is 0. The number of amides is 1. The Morgan fingerprint density at radius 1 is 1.16 bits per heavy atom. The summed E-state index contributed by atoms with van der Waals surface area (Å²) in [6, 6.07) is 4.04. The minimum atomic E-state index is -0.879. The molecule has 0 saturated heterocycles. The summed E-state index contributed by atoms with van der Waals surface area (Å²) in [6.07, 6.45) is 6.01. The number of furan rings is 1. The summed E-state index contributed by atoms with van der Waals surface area (Å²) in [4.78, 5) is 24.9. The first-order valence-electron chi connectivity index (χ1n) is 8.82. The zero-order chi connectivity index (χ0) is 18.0. The smallest absolute Gasteiger partial charge is 0.331 e. The van der Waals surface area contributed by atoms with Crippen molar-refractivity contribution in [3.8, 4) is 0 Å². The SMILES string of the molecule is COC(=O)C1(NC(=O)Cc2coc3cc(C)c(C)cc23)CCCCC1. The fraction of sp³-hybridized carbons (Fsp3) is 0.500. The first kappa shape index (κ1) is 17.5. The summed E-state index contributed by atoms with van der Waals surface area (Å²) < 4.78 is 10.6. The van der Waals surface area contributed by atoms with Crippen LogP contribution in [0.3, 0.4) is 0 Å². The molecule has 5 heteroatoms. The molecule has 0 radical (unpaired) electrons. The van der Waals surface area contributed by atoms with Gasteiger partial charge in [0, 0.05) is 10.9 Å². The molecule has 2 aromatic rings. The molecular weight excluding hydrogens is 318 g/mol. The van der Waals surface area contributed by atoms with Crippen LogP contribution in [0.1, 0.15) is 48.8 Å². The Morgan fingerprint density at radius 3 is 2.52 bits per heavy atom. The molecule has 1 aliphatic rings. The highest BCUT2D eigenvalue weighted by Crippen LogP contribution is 2.30. The Morgan fingerprint density at radius 2 is 1.84 bits per heavy atom. The number of ether oxygens (including phenoxy) is 1. The highest BCUT2D eigenvalue weighted by molar-refractivity contribution is 5.92. The molecule has 0 spiro atoms. The van der Waals surface area contributed by atoms with E-state index in [9.17, 15) is 9.59 Å². The lowest BCUT2D eigenvalue weighted by Gasteiger charge is -2.35. The molecule has 1 amide bonds. The van der Waals surface area contributed by atoms with Gasteiger partial charge in [-0.3, -0.25) is 4.79 Å². The second kappa shape index (κ2) is 6.90. The molecule has 1 aromatic carbocycles. The molecule has 0 aliphatic heterocycles. The Kier molecular flexibility index (Phi) is 4.84. The quantitative estimate of drug-likeness (QED) is 0.862. The van der Waals surface area contributed by atoms with E-state index in [-0.39, 0.29) is 18.3 Å². The second-order valence-electron chi connectivity index (χ2n) is 7.05. The van der Waals surface area contributed by atoms with Crippen LogP contribution in [0, 0.1) is 13.8 Å². The summed E-state index contributed by atoms with van der Waals surface area (Å²) in [5.41, 5.74) is 3.06. The standard InChI is InChI=1S/C20H25NO4/c1-13-9-16-15(12-25-17(16)10-14(13)2)11-18(22)21-20(19(23)24-3)7-5-4-6-8-20/h9-10,12H,4-8,11H2,1-3H3,(H,21,22). The van der Waals surface area contributed by atoms with Gasteiger partial charge in [-0.1, -0.05) is 19.3 Å². The van der Waals surface area contributed by atoms with Crippen molar-refractivity contribution in [2.45, 2.75) is 57.9 Å². The predicted octanol–water partition coefficient (Wildman–Crippen LogP) is 3.58. The molecule has 1 heterocycles. The molecule has 1 aromatic heterocycles. The number of methoxy groups -OCH3 is 1. The highest BCUT2D eigenvalue weighted by atomic mass is 16.5. The minimum Gasteiger partial charge on any atom is -0.467 e. The second-order valence-corrected chi connectivity index (χ2v) is 7.05. The third-order valence-corrected chi connectivity index (χ3v) is 5.28. The Balaban J connectivity index is 1.80. The van der Waals surface area contributed by atoms with Gasteiger partial charge in [0.15, 0.2) is 0 Å². The van der Waals surface area contributed by atoms with E-state index in [0.717, 1.165) is 46.9 Å². The molecule has 5 nitrogen and oxygen atoms in total. The van der Waals surface area contributed by atoms with Crippen molar-refractivity contribution in [2.75, 3.05) is 7.11 Å². The van der Waals surface area contributed by atoms with Crippen LogP contribution in [0.2, 0.25) is 0 Å². The van der Waals surface area contributed by atoms with E-state index in [1.54, 1.807) is 6.26 Å². The van der Waals surface area contributed by atoms with Crippen molar-refractivity contribution in [3.63, 3.8) is 0 Å². The number of fused-ring (bicyclic) bond motifs is 1. The van der Waals surface area contributed by atoms with Crippen LogP contribution in [0.15, 0.2) is 22.8 Å². The van der Waals surface area contributed by atoms with Crippen LogP contribution >= 0.6 is 0 Å². The summed E-state index contributed by atoms with van der Waals surface area (Å²) in [5, 5.41) is 3.91. The number of rotatable bonds is 4. The number of esters is 1. The van der Waals surface area contributed by atoms with Crippen LogP contribution in [0.5, 0.6) is 0 Å². The number of nitrogens with one attached hydrogen (secondary N) is 1. The monoisotopic (exact) mass is 343 g/mol. The maximum Gasteiger partial charge on any atom is 0.331 e. The fourth-order valence-corrected chi connectivity index (χ4v) is 3.69. The van der Waals surface area contributed by atoms with Gasteiger partial charge in [-0.2, -0.15) is 0 Å². The molecule has 1 saturated carbocycles. The van der Waals surface area contributed by atoms with E-state index in [1.807, 2.05) is 26.0 Å². The molecule has 0 atom stereocenters. The Bertz CT molecular complexity index is 799. The van der Waals surface area contributed by atoms with Crippen molar-refractivity contribution in [3.05, 3.63) is 35.1 Å². The van der Waals surface area contributed by atoms with Crippen molar-refractivity contribution < 1.29 is 18.7 Å². The fourth-order valence-electron chi connectivity index (χ4n) is 3.69. The normalized spacial score (nSPS) is 16.6. The number of aryl methyl sites for hydroxylation is 2. The zero-order valence-corrected chi connectivity index (χ0v) is 15.1. The number of benzene rings is 1. The predicted molar refractivity (Wildman–Crippen MR) is 95.4 cm³/mol. The number of hydrogen-bond acceptors (Lipinski definition) is 4. The van der Waals surface area contributed by atoms with Gasteiger partial charge in [0.1, 0.15) is 11.1 Å². The van der Waals surface area contributed by atoms with Gasteiger partial charge in [-0.25, -0.2) is 4.79 Å². The minimum absolute atomic E-state index is 0.173. The van der Waals surface area contributed by atoms with Crippen LogP contribution in [-0.4, -0.2) is 24.5 Å². The molecule has 1 fully saturated rings. The summed E-state index contributed by atoms with van der Waals surface area (Å²) in [6.45, 7) is 4.08. The van der Waals surface area contributed by atoms with Gasteiger partial charge in [-0.05, 0) is 49.9 Å².